The van der Waals surface area contributed by atoms with E-state index in [0.29, 0.717) is 33.5 Å². The second kappa shape index (κ2) is 12.9. The predicted octanol–water partition coefficient (Wildman–Crippen LogP) is 5.00. The Balaban J connectivity index is 1.62. The summed E-state index contributed by atoms with van der Waals surface area (Å²) >= 11 is 10.2. The number of aliphatic hydroxyl groups excluding tert-OH is 2. The minimum Gasteiger partial charge on any atom is -0.493 e. The van der Waals surface area contributed by atoms with E-state index in [1.54, 1.807) is 4.68 Å². The molecule has 0 aliphatic heterocycles. The molecule has 0 spiro atoms. The molecule has 1 heterocycles. The van der Waals surface area contributed by atoms with E-state index in [1.165, 1.54) is 5.56 Å². The van der Waals surface area contributed by atoms with Crippen molar-refractivity contribution in [2.45, 2.75) is 45.4 Å². The Morgan fingerprint density at radius 1 is 1.11 bits per heavy atom. The van der Waals surface area contributed by atoms with Crippen molar-refractivity contribution in [2.75, 3.05) is 19.1 Å². The number of halogens is 3. The molecule has 0 saturated carbocycles. The van der Waals surface area contributed by atoms with Gasteiger partial charge in [-0.25, -0.2) is 4.68 Å². The van der Waals surface area contributed by atoms with Crippen LogP contribution in [0.15, 0.2) is 42.5 Å². The smallest absolute Gasteiger partial charge is 0.132 e. The summed E-state index contributed by atoms with van der Waals surface area (Å²) in [6, 6.07) is 14.3. The van der Waals surface area contributed by atoms with Gasteiger partial charge in [-0.2, -0.15) is 0 Å². The van der Waals surface area contributed by atoms with Gasteiger partial charge in [0.15, 0.2) is 0 Å². The minimum atomic E-state index is -0.767. The number of ether oxygens (including phenoxy) is 2. The van der Waals surface area contributed by atoms with Crippen LogP contribution in [-0.4, -0.2) is 50.4 Å². The summed E-state index contributed by atoms with van der Waals surface area (Å²) in [6.07, 6.45) is -0.767. The Labute approximate surface area is 238 Å². The summed E-state index contributed by atoms with van der Waals surface area (Å²) < 4.78 is 14.9. The maximum Gasteiger partial charge on any atom is 0.132 e. The number of hydrogen-bond acceptors (Lipinski definition) is 6. The zero-order chi connectivity index (χ0) is 25.6. The first-order chi connectivity index (χ1) is 16.6. The lowest BCUT2D eigenvalue weighted by Crippen LogP contribution is -2.25. The zero-order valence-electron chi connectivity index (χ0n) is 19.9. The van der Waals surface area contributed by atoms with Crippen molar-refractivity contribution in [2.24, 2.45) is 5.92 Å². The molecule has 10 heteroatoms. The van der Waals surface area contributed by atoms with Gasteiger partial charge in [0.05, 0.1) is 23.3 Å². The van der Waals surface area contributed by atoms with Gasteiger partial charge in [0, 0.05) is 17.2 Å². The first-order valence-corrected chi connectivity index (χ1v) is 13.9. The first-order valence-electron chi connectivity index (χ1n) is 11.2. The van der Waals surface area contributed by atoms with E-state index >= 15 is 0 Å². The summed E-state index contributed by atoms with van der Waals surface area (Å²) in [5.74, 6) is 2.44. The Bertz CT molecular complexity index is 1110. The van der Waals surface area contributed by atoms with Gasteiger partial charge in [0.25, 0.3) is 0 Å². The van der Waals surface area contributed by atoms with Crippen LogP contribution in [0, 0.1) is 13.2 Å². The fourth-order valence-electron chi connectivity index (χ4n) is 3.41. The molecule has 190 valence electrons. The Morgan fingerprint density at radius 2 is 1.80 bits per heavy atom. The summed E-state index contributed by atoms with van der Waals surface area (Å²) in [5, 5.41) is 27.5. The van der Waals surface area contributed by atoms with Crippen molar-refractivity contribution in [3.8, 4) is 11.5 Å². The average molecular weight is 722 g/mol. The molecule has 0 aliphatic carbocycles. The van der Waals surface area contributed by atoms with Crippen molar-refractivity contribution in [1.82, 2.24) is 15.0 Å². The Kier molecular flexibility index (Phi) is 10.5. The average Bonchev–Trinajstić information content (AvgIpc) is 3.20. The topological polar surface area (TPSA) is 89.6 Å². The van der Waals surface area contributed by atoms with Crippen LogP contribution in [0.5, 0.6) is 11.5 Å². The van der Waals surface area contributed by atoms with Gasteiger partial charge in [-0.1, -0.05) is 44.2 Å². The van der Waals surface area contributed by atoms with Gasteiger partial charge in [-0.15, -0.1) is 16.7 Å². The molecular formula is C25H30ClI2N3O4. The molecule has 0 amide bonds. The van der Waals surface area contributed by atoms with Gasteiger partial charge < -0.3 is 19.7 Å². The van der Waals surface area contributed by atoms with E-state index in [4.69, 9.17) is 21.1 Å². The van der Waals surface area contributed by atoms with E-state index < -0.39 is 6.10 Å². The number of aromatic nitrogens is 3. The third kappa shape index (κ3) is 7.43. The standard InChI is InChI=1S/C25H30ClI2N3O4/c1-16(11-26)14-34-20-7-4-17(5-8-20)25(2,3)18-6-9-23(21(27)10-18)35-15-19(33)12-31-24(28)22(13-32)29-30-31/h4-10,16,19,32-33H,11-15H2,1-3H3/t16-,19-/m0/s1/i28-4. The van der Waals surface area contributed by atoms with Crippen molar-refractivity contribution in [1.29, 1.82) is 0 Å². The lowest BCUT2D eigenvalue weighted by atomic mass is 9.78. The number of nitrogens with zero attached hydrogens (tertiary/aromatic N) is 3. The molecule has 2 aromatic carbocycles. The second-order valence-electron chi connectivity index (χ2n) is 9.00. The van der Waals surface area contributed by atoms with Gasteiger partial charge >= 0.3 is 0 Å². The molecule has 0 bridgehead atoms. The van der Waals surface area contributed by atoms with Crippen LogP contribution < -0.4 is 9.47 Å². The summed E-state index contributed by atoms with van der Waals surface area (Å²) in [6.45, 7) is 7.21. The number of rotatable bonds is 12. The van der Waals surface area contributed by atoms with Crippen molar-refractivity contribution in [3.05, 3.63) is 66.6 Å². The maximum absolute atomic E-state index is 10.4. The van der Waals surface area contributed by atoms with Crippen LogP contribution in [0.25, 0.3) is 0 Å². The van der Waals surface area contributed by atoms with E-state index in [9.17, 15) is 10.2 Å². The fourth-order valence-corrected chi connectivity index (χ4v) is 4.75. The van der Waals surface area contributed by atoms with Crippen LogP contribution in [0.2, 0.25) is 0 Å². The van der Waals surface area contributed by atoms with Crippen LogP contribution in [0.3, 0.4) is 0 Å². The Morgan fingerprint density at radius 3 is 2.40 bits per heavy atom. The zero-order valence-corrected chi connectivity index (χ0v) is 25.0. The highest BCUT2D eigenvalue weighted by Crippen LogP contribution is 2.35. The highest BCUT2D eigenvalue weighted by atomic mass is 127. The van der Waals surface area contributed by atoms with Crippen LogP contribution in [0.1, 0.15) is 37.6 Å². The molecule has 0 fully saturated rings. The Hall–Kier alpha value is -1.15. The number of alkyl halides is 1. The lowest BCUT2D eigenvalue weighted by molar-refractivity contribution is 0.0877. The van der Waals surface area contributed by atoms with Crippen LogP contribution >= 0.6 is 56.8 Å². The summed E-state index contributed by atoms with van der Waals surface area (Å²) in [4.78, 5) is 0. The molecular weight excluding hydrogens is 692 g/mol. The van der Waals surface area contributed by atoms with E-state index in [2.05, 4.69) is 101 Å². The maximum atomic E-state index is 10.4. The molecule has 0 radical (unpaired) electrons. The van der Waals surface area contributed by atoms with E-state index in [-0.39, 0.29) is 25.2 Å². The van der Waals surface area contributed by atoms with Crippen LogP contribution in [0.4, 0.5) is 0 Å². The SMILES string of the molecule is C[C@@H](CCl)COc1ccc(C(C)(C)c2ccc(OC[C@@H](O)Cn3nnc(CO)c3[123I])c(I)c2)cc1. The fraction of sp³-hybridized carbons (Fsp3) is 0.440. The summed E-state index contributed by atoms with van der Waals surface area (Å²) in [7, 11) is 0. The lowest BCUT2D eigenvalue weighted by Gasteiger charge is -2.27. The second-order valence-corrected chi connectivity index (χ2v) is 11.5. The van der Waals surface area contributed by atoms with Gasteiger partial charge in [0.2, 0.25) is 0 Å². The highest BCUT2D eigenvalue weighted by Gasteiger charge is 2.24. The van der Waals surface area contributed by atoms with Gasteiger partial charge in [0.1, 0.15) is 33.6 Å². The van der Waals surface area contributed by atoms with Crippen molar-refractivity contribution >= 4 is 56.8 Å². The molecule has 2 atom stereocenters. The van der Waals surface area contributed by atoms with E-state index in [1.807, 2.05) is 18.2 Å². The number of benzene rings is 2. The van der Waals surface area contributed by atoms with Crippen LogP contribution in [-0.2, 0) is 18.6 Å². The quantitative estimate of drug-likeness (QED) is 0.202. The molecule has 7 nitrogen and oxygen atoms in total. The van der Waals surface area contributed by atoms with Gasteiger partial charge in [-0.3, -0.25) is 0 Å². The molecule has 35 heavy (non-hydrogen) atoms. The minimum absolute atomic E-state index is 0.118. The normalized spacial score (nSPS) is 13.5. The molecule has 0 saturated heterocycles. The molecule has 3 aromatic rings. The van der Waals surface area contributed by atoms with E-state index in [0.717, 1.165) is 14.9 Å². The number of aliphatic hydroxyl groups is 2. The van der Waals surface area contributed by atoms with Crippen molar-refractivity contribution in [3.63, 3.8) is 0 Å². The highest BCUT2D eigenvalue weighted by molar-refractivity contribution is 14.1. The molecule has 3 rings (SSSR count). The summed E-state index contributed by atoms with van der Waals surface area (Å²) in [5.41, 5.74) is 2.62. The third-order valence-corrected chi connectivity index (χ3v) is 8.28. The molecule has 0 unspecified atom stereocenters. The number of hydrogen-bond donors (Lipinski definition) is 2. The molecule has 1 aromatic heterocycles. The van der Waals surface area contributed by atoms with Gasteiger partial charge in [-0.05, 0) is 80.6 Å². The largest absolute Gasteiger partial charge is 0.493 e. The monoisotopic (exact) mass is 721 g/mol. The predicted molar refractivity (Wildman–Crippen MR) is 153 cm³/mol. The third-order valence-electron chi connectivity index (χ3n) is 5.73. The first kappa shape index (κ1) is 28.4. The molecule has 2 N–H and O–H groups in total. The molecule has 0 aliphatic rings. The van der Waals surface area contributed by atoms with Crippen molar-refractivity contribution < 1.29 is 19.7 Å².